The number of hydrogen-bond acceptors (Lipinski definition) is 3. The largest absolute Gasteiger partial charge is 0.352 e. The summed E-state index contributed by atoms with van der Waals surface area (Å²) in [5.74, 6) is 0.209. The van der Waals surface area contributed by atoms with Crippen LogP contribution in [0.3, 0.4) is 0 Å². The van der Waals surface area contributed by atoms with Crippen molar-refractivity contribution in [2.45, 2.75) is 31.7 Å². The summed E-state index contributed by atoms with van der Waals surface area (Å²) in [6.07, 6.45) is 4.69. The summed E-state index contributed by atoms with van der Waals surface area (Å²) in [6, 6.07) is 9.77. The fourth-order valence-electron chi connectivity index (χ4n) is 3.42. The molecule has 1 saturated carbocycles. The lowest BCUT2D eigenvalue weighted by Gasteiger charge is -2.34. The van der Waals surface area contributed by atoms with E-state index in [0.29, 0.717) is 25.7 Å². The molecule has 5 heteroatoms. The van der Waals surface area contributed by atoms with Crippen molar-refractivity contribution in [2.24, 2.45) is 0 Å². The second kappa shape index (κ2) is 7.59. The maximum atomic E-state index is 12.4. The van der Waals surface area contributed by atoms with E-state index in [2.05, 4.69) is 10.2 Å². The van der Waals surface area contributed by atoms with E-state index in [9.17, 15) is 9.59 Å². The van der Waals surface area contributed by atoms with Gasteiger partial charge in [0.1, 0.15) is 0 Å². The highest BCUT2D eigenvalue weighted by Gasteiger charge is 2.24. The van der Waals surface area contributed by atoms with Crippen LogP contribution in [0.15, 0.2) is 30.3 Å². The zero-order chi connectivity index (χ0) is 16.1. The van der Waals surface area contributed by atoms with E-state index in [0.717, 1.165) is 31.5 Å². The van der Waals surface area contributed by atoms with Crippen LogP contribution in [0, 0.1) is 0 Å². The SMILES string of the molecule is O=C(CN1CCN(C(=O)c2ccccc2)CC1)NC1CCCC1. The molecule has 2 aliphatic rings. The van der Waals surface area contributed by atoms with Crippen LogP contribution in [0.5, 0.6) is 0 Å². The van der Waals surface area contributed by atoms with E-state index in [4.69, 9.17) is 0 Å². The molecule has 2 fully saturated rings. The van der Waals surface area contributed by atoms with E-state index in [1.807, 2.05) is 35.2 Å². The predicted molar refractivity (Wildman–Crippen MR) is 89.2 cm³/mol. The smallest absolute Gasteiger partial charge is 0.253 e. The van der Waals surface area contributed by atoms with Crippen LogP contribution in [-0.4, -0.2) is 60.4 Å². The van der Waals surface area contributed by atoms with Crippen molar-refractivity contribution in [3.8, 4) is 0 Å². The van der Waals surface area contributed by atoms with Crippen molar-refractivity contribution in [3.63, 3.8) is 0 Å². The topological polar surface area (TPSA) is 52.7 Å². The minimum Gasteiger partial charge on any atom is -0.352 e. The van der Waals surface area contributed by atoms with E-state index < -0.39 is 0 Å². The van der Waals surface area contributed by atoms with Gasteiger partial charge in [-0.2, -0.15) is 0 Å². The molecule has 1 aliphatic heterocycles. The zero-order valence-corrected chi connectivity index (χ0v) is 13.5. The Morgan fingerprint density at radius 2 is 1.65 bits per heavy atom. The fourth-order valence-corrected chi connectivity index (χ4v) is 3.42. The lowest BCUT2D eigenvalue weighted by Crippen LogP contribution is -2.51. The summed E-state index contributed by atoms with van der Waals surface area (Å²) in [4.78, 5) is 28.5. The summed E-state index contributed by atoms with van der Waals surface area (Å²) < 4.78 is 0. The summed E-state index contributed by atoms with van der Waals surface area (Å²) in [5, 5.41) is 3.12. The Hall–Kier alpha value is -1.88. The third-order valence-corrected chi connectivity index (χ3v) is 4.77. The maximum Gasteiger partial charge on any atom is 0.253 e. The van der Waals surface area contributed by atoms with Crippen LogP contribution in [0.1, 0.15) is 36.0 Å². The molecule has 3 rings (SSSR count). The van der Waals surface area contributed by atoms with Gasteiger partial charge in [0.15, 0.2) is 0 Å². The number of nitrogens with one attached hydrogen (secondary N) is 1. The summed E-state index contributed by atoms with van der Waals surface area (Å²) in [5.41, 5.74) is 0.736. The Kier molecular flexibility index (Phi) is 5.28. The normalized spacial score (nSPS) is 19.7. The molecule has 0 radical (unpaired) electrons. The van der Waals surface area contributed by atoms with E-state index in [1.54, 1.807) is 0 Å². The molecular formula is C18H25N3O2. The quantitative estimate of drug-likeness (QED) is 0.916. The highest BCUT2D eigenvalue weighted by molar-refractivity contribution is 5.94. The first-order valence-corrected chi connectivity index (χ1v) is 8.58. The van der Waals surface area contributed by atoms with Crippen molar-refractivity contribution in [3.05, 3.63) is 35.9 Å². The minimum atomic E-state index is 0.0839. The van der Waals surface area contributed by atoms with Gasteiger partial charge in [0, 0.05) is 37.8 Å². The van der Waals surface area contributed by atoms with Gasteiger partial charge >= 0.3 is 0 Å². The Labute approximate surface area is 137 Å². The van der Waals surface area contributed by atoms with Gasteiger partial charge in [0.2, 0.25) is 5.91 Å². The molecule has 1 aromatic rings. The molecule has 2 amide bonds. The standard InChI is InChI=1S/C18H25N3O2/c22-17(19-16-8-4-5-9-16)14-20-10-12-21(13-11-20)18(23)15-6-2-1-3-7-15/h1-3,6-7,16H,4-5,8-14H2,(H,19,22). The first kappa shape index (κ1) is 16.0. The Bertz CT molecular complexity index is 532. The number of piperazine rings is 1. The van der Waals surface area contributed by atoms with E-state index in [-0.39, 0.29) is 11.8 Å². The Balaban J connectivity index is 1.43. The van der Waals surface area contributed by atoms with Gasteiger partial charge in [-0.15, -0.1) is 0 Å². The number of benzene rings is 1. The molecule has 0 atom stereocenters. The lowest BCUT2D eigenvalue weighted by atomic mass is 10.2. The van der Waals surface area contributed by atoms with Crippen LogP contribution in [0.4, 0.5) is 0 Å². The van der Waals surface area contributed by atoms with Gasteiger partial charge in [0.05, 0.1) is 6.54 Å². The third kappa shape index (κ3) is 4.32. The molecule has 1 heterocycles. The highest BCUT2D eigenvalue weighted by atomic mass is 16.2. The fraction of sp³-hybridized carbons (Fsp3) is 0.556. The van der Waals surface area contributed by atoms with Gasteiger partial charge < -0.3 is 10.2 Å². The monoisotopic (exact) mass is 315 g/mol. The second-order valence-electron chi connectivity index (χ2n) is 6.48. The Morgan fingerprint density at radius 1 is 1.00 bits per heavy atom. The maximum absolute atomic E-state index is 12.4. The first-order valence-electron chi connectivity index (χ1n) is 8.58. The average molecular weight is 315 g/mol. The second-order valence-corrected chi connectivity index (χ2v) is 6.48. The van der Waals surface area contributed by atoms with Gasteiger partial charge in [0.25, 0.3) is 5.91 Å². The zero-order valence-electron chi connectivity index (χ0n) is 13.5. The number of hydrogen-bond donors (Lipinski definition) is 1. The molecule has 0 bridgehead atoms. The van der Waals surface area contributed by atoms with E-state index in [1.165, 1.54) is 12.8 Å². The molecule has 0 unspecified atom stereocenters. The molecular weight excluding hydrogens is 290 g/mol. The molecule has 5 nitrogen and oxygen atoms in total. The summed E-state index contributed by atoms with van der Waals surface area (Å²) in [7, 11) is 0. The van der Waals surface area contributed by atoms with Crippen molar-refractivity contribution >= 4 is 11.8 Å². The minimum absolute atomic E-state index is 0.0839. The highest BCUT2D eigenvalue weighted by Crippen LogP contribution is 2.17. The molecule has 1 N–H and O–H groups in total. The van der Waals surface area contributed by atoms with Gasteiger partial charge in [-0.1, -0.05) is 31.0 Å². The third-order valence-electron chi connectivity index (χ3n) is 4.77. The molecule has 0 spiro atoms. The summed E-state index contributed by atoms with van der Waals surface area (Å²) in [6.45, 7) is 3.34. The van der Waals surface area contributed by atoms with Gasteiger partial charge in [-0.05, 0) is 25.0 Å². The number of amides is 2. The number of nitrogens with zero attached hydrogens (tertiary/aromatic N) is 2. The van der Waals surface area contributed by atoms with Crippen LogP contribution >= 0.6 is 0 Å². The molecule has 124 valence electrons. The van der Waals surface area contributed by atoms with Crippen LogP contribution in [0.2, 0.25) is 0 Å². The van der Waals surface area contributed by atoms with E-state index >= 15 is 0 Å². The molecule has 23 heavy (non-hydrogen) atoms. The van der Waals surface area contributed by atoms with Crippen LogP contribution in [0.25, 0.3) is 0 Å². The van der Waals surface area contributed by atoms with Crippen molar-refractivity contribution < 1.29 is 9.59 Å². The predicted octanol–water partition coefficient (Wildman–Crippen LogP) is 1.50. The average Bonchev–Trinajstić information content (AvgIpc) is 3.08. The molecule has 0 aromatic heterocycles. The van der Waals surface area contributed by atoms with Gasteiger partial charge in [-0.3, -0.25) is 14.5 Å². The van der Waals surface area contributed by atoms with Crippen molar-refractivity contribution in [1.29, 1.82) is 0 Å². The van der Waals surface area contributed by atoms with Gasteiger partial charge in [-0.25, -0.2) is 0 Å². The lowest BCUT2D eigenvalue weighted by molar-refractivity contribution is -0.123. The van der Waals surface area contributed by atoms with Crippen LogP contribution < -0.4 is 5.32 Å². The summed E-state index contributed by atoms with van der Waals surface area (Å²) >= 11 is 0. The van der Waals surface area contributed by atoms with Crippen LogP contribution in [-0.2, 0) is 4.79 Å². The first-order chi connectivity index (χ1) is 11.2. The molecule has 1 aromatic carbocycles. The molecule has 1 saturated heterocycles. The Morgan fingerprint density at radius 3 is 2.30 bits per heavy atom. The van der Waals surface area contributed by atoms with Crippen molar-refractivity contribution in [2.75, 3.05) is 32.7 Å². The number of carbonyl (C=O) groups excluding carboxylic acids is 2. The molecule has 1 aliphatic carbocycles. The number of carbonyl (C=O) groups is 2. The number of rotatable bonds is 4. The van der Waals surface area contributed by atoms with Crippen molar-refractivity contribution in [1.82, 2.24) is 15.1 Å².